The number of nitrogens with one attached hydrogen (secondary N) is 1. The zero-order chi connectivity index (χ0) is 26.9. The second kappa shape index (κ2) is 11.1. The molecule has 1 aliphatic heterocycles. The fourth-order valence-electron chi connectivity index (χ4n) is 4.98. The van der Waals surface area contributed by atoms with Crippen LogP contribution in [0.1, 0.15) is 30.5 Å². The monoisotopic (exact) mass is 519 g/mol. The van der Waals surface area contributed by atoms with E-state index >= 15 is 0 Å². The van der Waals surface area contributed by atoms with Gasteiger partial charge in [-0.2, -0.15) is 0 Å². The molecule has 0 radical (unpaired) electrons. The summed E-state index contributed by atoms with van der Waals surface area (Å²) in [7, 11) is 4.63. The molecule has 1 saturated heterocycles. The Hall–Kier alpha value is -3.09. The third kappa shape index (κ3) is 5.05. The molecular weight excluding hydrogens is 486 g/mol. The molecule has 0 saturated carbocycles. The predicted octanol–water partition coefficient (Wildman–Crippen LogP) is 0.681. The molecule has 0 aromatic heterocycles. The molecule has 2 aromatic rings. The fourth-order valence-corrected chi connectivity index (χ4v) is 4.98. The van der Waals surface area contributed by atoms with Crippen molar-refractivity contribution >= 4 is 5.91 Å². The van der Waals surface area contributed by atoms with Gasteiger partial charge in [-0.3, -0.25) is 4.79 Å². The first-order valence-electron chi connectivity index (χ1n) is 11.9. The number of aryl methyl sites for hydroxylation is 1. The first-order chi connectivity index (χ1) is 17.7. The van der Waals surface area contributed by atoms with Gasteiger partial charge in [-0.05, 0) is 47.7 Å². The van der Waals surface area contributed by atoms with Crippen LogP contribution in [0.5, 0.6) is 23.0 Å². The lowest BCUT2D eigenvalue weighted by Gasteiger charge is -2.39. The van der Waals surface area contributed by atoms with Crippen molar-refractivity contribution in [1.82, 2.24) is 5.32 Å². The Morgan fingerprint density at radius 3 is 2.38 bits per heavy atom. The zero-order valence-corrected chi connectivity index (χ0v) is 21.1. The maximum absolute atomic E-state index is 12.1. The van der Waals surface area contributed by atoms with Gasteiger partial charge >= 0.3 is 0 Å². The third-order valence-corrected chi connectivity index (χ3v) is 6.76. The van der Waals surface area contributed by atoms with Gasteiger partial charge in [0.25, 0.3) is 0 Å². The molecule has 11 heteroatoms. The van der Waals surface area contributed by atoms with E-state index in [4.69, 9.17) is 23.7 Å². The largest absolute Gasteiger partial charge is 0.493 e. The quantitative estimate of drug-likeness (QED) is 0.353. The van der Waals surface area contributed by atoms with E-state index in [1.807, 2.05) is 12.1 Å². The van der Waals surface area contributed by atoms with Crippen molar-refractivity contribution in [3.63, 3.8) is 0 Å². The number of aliphatic hydroxyl groups is 4. The maximum Gasteiger partial charge on any atom is 0.229 e. The molecule has 0 unspecified atom stereocenters. The lowest BCUT2D eigenvalue weighted by Crippen LogP contribution is -2.60. The molecule has 11 nitrogen and oxygen atoms in total. The van der Waals surface area contributed by atoms with Gasteiger partial charge in [0, 0.05) is 12.5 Å². The number of benzene rings is 2. The standard InChI is InChI=1S/C26H33NO10/c1-12(29)27-17-8-5-13-9-18(33-2)24(34-3)25(35-4)20(13)15-7-6-14(10-16(15)17)36-26-23(32)22(31)21(30)19(11-28)37-26/h6-7,9-10,17,19,21-23,26,28,30-32H,5,8,11H2,1-4H3,(H,27,29)/t17-,19+,21+,22-,23+,26-/m0/s1. The Morgan fingerprint density at radius 1 is 1.03 bits per heavy atom. The molecule has 6 atom stereocenters. The summed E-state index contributed by atoms with van der Waals surface area (Å²) in [5.41, 5.74) is 3.26. The van der Waals surface area contributed by atoms with E-state index in [0.29, 0.717) is 35.8 Å². The van der Waals surface area contributed by atoms with E-state index in [9.17, 15) is 25.2 Å². The number of rotatable bonds is 7. The summed E-state index contributed by atoms with van der Waals surface area (Å²) in [5, 5.41) is 43.0. The highest BCUT2D eigenvalue weighted by Crippen LogP contribution is 2.51. The summed E-state index contributed by atoms with van der Waals surface area (Å²) >= 11 is 0. The molecular formula is C26H33NO10. The molecule has 5 N–H and O–H groups in total. The summed E-state index contributed by atoms with van der Waals surface area (Å²) in [6.45, 7) is 0.875. The number of ether oxygens (including phenoxy) is 5. The highest BCUT2D eigenvalue weighted by molar-refractivity contribution is 5.84. The van der Waals surface area contributed by atoms with E-state index in [2.05, 4.69) is 5.32 Å². The van der Waals surface area contributed by atoms with Gasteiger partial charge in [0.1, 0.15) is 30.2 Å². The topological polar surface area (TPSA) is 156 Å². The van der Waals surface area contributed by atoms with Gasteiger partial charge < -0.3 is 49.4 Å². The van der Waals surface area contributed by atoms with Gasteiger partial charge in [-0.25, -0.2) is 0 Å². The molecule has 2 aliphatic rings. The number of hydrogen-bond acceptors (Lipinski definition) is 10. The van der Waals surface area contributed by atoms with Crippen LogP contribution in [0.15, 0.2) is 24.3 Å². The Labute approximate surface area is 214 Å². The number of fused-ring (bicyclic) bond motifs is 3. The second-order valence-electron chi connectivity index (χ2n) is 9.04. The number of amides is 1. The van der Waals surface area contributed by atoms with E-state index < -0.39 is 37.3 Å². The van der Waals surface area contributed by atoms with Crippen LogP contribution in [0.25, 0.3) is 11.1 Å². The average molecular weight is 520 g/mol. The number of carbonyl (C=O) groups excluding carboxylic acids is 1. The second-order valence-corrected chi connectivity index (χ2v) is 9.04. The first kappa shape index (κ1) is 27.0. The van der Waals surface area contributed by atoms with Crippen molar-refractivity contribution in [2.75, 3.05) is 27.9 Å². The van der Waals surface area contributed by atoms with E-state index in [0.717, 1.165) is 22.3 Å². The molecule has 1 heterocycles. The summed E-state index contributed by atoms with van der Waals surface area (Å²) < 4.78 is 28.2. The van der Waals surface area contributed by atoms with Crippen molar-refractivity contribution in [2.24, 2.45) is 0 Å². The summed E-state index contributed by atoms with van der Waals surface area (Å²) in [6, 6.07) is 6.72. The lowest BCUT2D eigenvalue weighted by molar-refractivity contribution is -0.277. The average Bonchev–Trinajstić information content (AvgIpc) is 3.04. The van der Waals surface area contributed by atoms with Crippen LogP contribution >= 0.6 is 0 Å². The Morgan fingerprint density at radius 2 is 1.76 bits per heavy atom. The van der Waals surface area contributed by atoms with E-state index in [1.165, 1.54) is 14.0 Å². The van der Waals surface area contributed by atoms with Crippen molar-refractivity contribution in [1.29, 1.82) is 0 Å². The predicted molar refractivity (Wildman–Crippen MR) is 131 cm³/mol. The lowest BCUT2D eigenvalue weighted by atomic mass is 9.93. The molecule has 202 valence electrons. The minimum atomic E-state index is -1.57. The van der Waals surface area contributed by atoms with E-state index in [1.54, 1.807) is 26.4 Å². The first-order valence-corrected chi connectivity index (χ1v) is 11.9. The molecule has 1 aliphatic carbocycles. The van der Waals surface area contributed by atoms with Crippen LogP contribution in [-0.4, -0.2) is 85.0 Å². The van der Waals surface area contributed by atoms with Gasteiger partial charge in [-0.1, -0.05) is 6.07 Å². The summed E-state index contributed by atoms with van der Waals surface area (Å²) in [6.07, 6.45) is -5.88. The van der Waals surface area contributed by atoms with Crippen molar-refractivity contribution in [2.45, 2.75) is 56.5 Å². The molecule has 0 bridgehead atoms. The van der Waals surface area contributed by atoms with Crippen molar-refractivity contribution in [3.8, 4) is 34.1 Å². The normalized spacial score (nSPS) is 26.8. The van der Waals surface area contributed by atoms with Crippen LogP contribution in [0.2, 0.25) is 0 Å². The molecule has 4 rings (SSSR count). The van der Waals surface area contributed by atoms with E-state index in [-0.39, 0.29) is 11.9 Å². The van der Waals surface area contributed by atoms with Crippen LogP contribution in [0.4, 0.5) is 0 Å². The van der Waals surface area contributed by atoms with Gasteiger partial charge in [0.15, 0.2) is 11.5 Å². The smallest absolute Gasteiger partial charge is 0.229 e. The Bertz CT molecular complexity index is 1140. The third-order valence-electron chi connectivity index (χ3n) is 6.76. The number of aliphatic hydroxyl groups excluding tert-OH is 4. The number of hydrogen-bond donors (Lipinski definition) is 5. The minimum Gasteiger partial charge on any atom is -0.493 e. The summed E-state index contributed by atoms with van der Waals surface area (Å²) in [4.78, 5) is 12.1. The SMILES string of the molecule is COc1cc2c(c(OC)c1OC)-c1ccc(O[C@H]3O[C@H](CO)[C@@H](O)[C@H](O)[C@H]3O)cc1[C@@H](NC(C)=O)CC2. The molecule has 0 spiro atoms. The van der Waals surface area contributed by atoms with Gasteiger partial charge in [0.2, 0.25) is 17.9 Å². The molecule has 1 amide bonds. The molecule has 2 aromatic carbocycles. The van der Waals surface area contributed by atoms with Crippen LogP contribution in [-0.2, 0) is 16.0 Å². The minimum absolute atomic E-state index is 0.204. The maximum atomic E-state index is 12.1. The highest BCUT2D eigenvalue weighted by Gasteiger charge is 2.44. The highest BCUT2D eigenvalue weighted by atomic mass is 16.7. The van der Waals surface area contributed by atoms with Crippen LogP contribution < -0.4 is 24.3 Å². The van der Waals surface area contributed by atoms with Crippen LogP contribution in [0, 0.1) is 0 Å². The van der Waals surface area contributed by atoms with Crippen molar-refractivity contribution < 1.29 is 48.9 Å². The number of carbonyl (C=O) groups is 1. The Balaban J connectivity index is 1.80. The Kier molecular flexibility index (Phi) is 8.10. The van der Waals surface area contributed by atoms with Crippen LogP contribution in [0.3, 0.4) is 0 Å². The fraction of sp³-hybridized carbons (Fsp3) is 0.500. The zero-order valence-electron chi connectivity index (χ0n) is 21.1. The van der Waals surface area contributed by atoms with Gasteiger partial charge in [-0.15, -0.1) is 0 Å². The number of methoxy groups -OCH3 is 3. The molecule has 37 heavy (non-hydrogen) atoms. The van der Waals surface area contributed by atoms with Crippen molar-refractivity contribution in [3.05, 3.63) is 35.4 Å². The van der Waals surface area contributed by atoms with Gasteiger partial charge in [0.05, 0.1) is 34.0 Å². The molecule has 1 fully saturated rings. The summed E-state index contributed by atoms with van der Waals surface area (Å²) in [5.74, 6) is 1.55.